The molecule has 0 saturated heterocycles. The van der Waals surface area contributed by atoms with E-state index in [-0.39, 0.29) is 11.9 Å². The Bertz CT molecular complexity index is 476. The van der Waals surface area contributed by atoms with Crippen molar-refractivity contribution >= 4 is 11.6 Å². The van der Waals surface area contributed by atoms with Crippen LogP contribution >= 0.6 is 0 Å². The predicted molar refractivity (Wildman–Crippen MR) is 73.2 cm³/mol. The summed E-state index contributed by atoms with van der Waals surface area (Å²) in [7, 11) is 0. The molecule has 0 radical (unpaired) electrons. The Hall–Kier alpha value is -1.79. The number of unbranched alkanes of at least 4 members (excludes halogenated alkanes) is 1. The second-order valence-corrected chi connectivity index (χ2v) is 4.53. The number of carbonyl (C=O) groups is 1. The van der Waals surface area contributed by atoms with Gasteiger partial charge in [-0.05, 0) is 25.0 Å². The lowest BCUT2D eigenvalue weighted by Gasteiger charge is -2.24. The highest BCUT2D eigenvalue weighted by Crippen LogP contribution is 2.24. The average molecular weight is 242 g/mol. The fourth-order valence-electron chi connectivity index (χ4n) is 2.20. The first-order valence-electron chi connectivity index (χ1n) is 6.30. The van der Waals surface area contributed by atoms with E-state index in [1.54, 1.807) is 0 Å². The molecule has 0 aliphatic carbocycles. The van der Waals surface area contributed by atoms with Crippen LogP contribution in [0.2, 0.25) is 0 Å². The van der Waals surface area contributed by atoms with E-state index in [0.29, 0.717) is 13.0 Å². The highest BCUT2D eigenvalue weighted by Gasteiger charge is 2.26. The van der Waals surface area contributed by atoms with Gasteiger partial charge < -0.3 is 10.2 Å². The molecule has 1 aliphatic heterocycles. The summed E-state index contributed by atoms with van der Waals surface area (Å²) in [6, 6.07) is 7.88. The number of nitrogens with one attached hydrogen (secondary N) is 1. The van der Waals surface area contributed by atoms with Crippen LogP contribution in [0.25, 0.3) is 0 Å². The van der Waals surface area contributed by atoms with Gasteiger partial charge in [-0.3, -0.25) is 4.79 Å². The van der Waals surface area contributed by atoms with Gasteiger partial charge in [-0.15, -0.1) is 12.3 Å². The fourth-order valence-corrected chi connectivity index (χ4v) is 2.20. The van der Waals surface area contributed by atoms with E-state index in [1.807, 2.05) is 30.0 Å². The van der Waals surface area contributed by atoms with E-state index in [9.17, 15) is 4.79 Å². The lowest BCUT2D eigenvalue weighted by Crippen LogP contribution is -2.42. The number of nitrogens with zero attached hydrogens (tertiary/aromatic N) is 1. The van der Waals surface area contributed by atoms with E-state index in [2.05, 4.69) is 17.3 Å². The molecule has 18 heavy (non-hydrogen) atoms. The van der Waals surface area contributed by atoms with E-state index < -0.39 is 0 Å². The minimum Gasteiger partial charge on any atom is -0.311 e. The maximum absolute atomic E-state index is 12.3. The molecule has 1 unspecified atom stereocenters. The van der Waals surface area contributed by atoms with Crippen LogP contribution in [0.5, 0.6) is 0 Å². The van der Waals surface area contributed by atoms with E-state index in [1.165, 1.54) is 0 Å². The van der Waals surface area contributed by atoms with Crippen molar-refractivity contribution < 1.29 is 4.79 Å². The van der Waals surface area contributed by atoms with Gasteiger partial charge in [-0.1, -0.05) is 18.2 Å². The number of anilines is 1. The van der Waals surface area contributed by atoms with Crippen molar-refractivity contribution in [1.82, 2.24) is 5.32 Å². The number of benzene rings is 1. The van der Waals surface area contributed by atoms with Crippen molar-refractivity contribution in [3.63, 3.8) is 0 Å². The molecule has 0 bridgehead atoms. The molecular weight excluding hydrogens is 224 g/mol. The van der Waals surface area contributed by atoms with Crippen LogP contribution in [0, 0.1) is 12.3 Å². The number of hydrogen-bond donors (Lipinski definition) is 1. The van der Waals surface area contributed by atoms with Crippen LogP contribution in [-0.4, -0.2) is 18.5 Å². The molecule has 1 aromatic rings. The zero-order valence-electron chi connectivity index (χ0n) is 10.6. The van der Waals surface area contributed by atoms with Crippen molar-refractivity contribution in [3.8, 4) is 12.3 Å². The number of para-hydroxylation sites is 1. The van der Waals surface area contributed by atoms with Crippen molar-refractivity contribution in [2.75, 3.05) is 11.4 Å². The number of fused-ring (bicyclic) bond motifs is 1. The van der Waals surface area contributed by atoms with Gasteiger partial charge in [0.25, 0.3) is 0 Å². The van der Waals surface area contributed by atoms with Gasteiger partial charge in [0.15, 0.2) is 0 Å². The number of hydrogen-bond acceptors (Lipinski definition) is 2. The van der Waals surface area contributed by atoms with Gasteiger partial charge >= 0.3 is 0 Å². The Kier molecular flexibility index (Phi) is 4.01. The minimum atomic E-state index is -0.150. The molecule has 3 heteroatoms. The molecule has 1 N–H and O–H groups in total. The first-order valence-corrected chi connectivity index (χ1v) is 6.30. The van der Waals surface area contributed by atoms with Crippen LogP contribution in [0.3, 0.4) is 0 Å². The zero-order valence-corrected chi connectivity index (χ0v) is 10.6. The molecule has 0 fully saturated rings. The summed E-state index contributed by atoms with van der Waals surface area (Å²) in [5.41, 5.74) is 2.17. The Morgan fingerprint density at radius 2 is 2.28 bits per heavy atom. The lowest BCUT2D eigenvalue weighted by molar-refractivity contribution is -0.120. The average Bonchev–Trinajstić information content (AvgIpc) is 2.51. The number of terminal acetylenes is 1. The molecule has 94 valence electrons. The highest BCUT2D eigenvalue weighted by atomic mass is 16.2. The maximum Gasteiger partial charge on any atom is 0.243 e. The Labute approximate surface area is 108 Å². The SMILES string of the molecule is C#CCCCN1C(=O)C(C)NCc2ccccc21. The van der Waals surface area contributed by atoms with Crippen LogP contribution in [0.15, 0.2) is 24.3 Å². The van der Waals surface area contributed by atoms with E-state index >= 15 is 0 Å². The second kappa shape index (κ2) is 5.70. The fraction of sp³-hybridized carbons (Fsp3) is 0.400. The Morgan fingerprint density at radius 3 is 3.06 bits per heavy atom. The first kappa shape index (κ1) is 12.7. The maximum atomic E-state index is 12.3. The summed E-state index contributed by atoms with van der Waals surface area (Å²) in [5.74, 6) is 2.74. The summed E-state index contributed by atoms with van der Waals surface area (Å²) in [6.07, 6.45) is 6.80. The number of amides is 1. The minimum absolute atomic E-state index is 0.122. The zero-order chi connectivity index (χ0) is 13.0. The molecule has 0 aromatic heterocycles. The molecule has 1 amide bonds. The number of carbonyl (C=O) groups excluding carboxylic acids is 1. The Morgan fingerprint density at radius 1 is 1.50 bits per heavy atom. The summed E-state index contributed by atoms with van der Waals surface area (Å²) >= 11 is 0. The Balaban J connectivity index is 2.27. The van der Waals surface area contributed by atoms with Gasteiger partial charge in [-0.25, -0.2) is 0 Å². The van der Waals surface area contributed by atoms with Crippen molar-refractivity contribution in [2.45, 2.75) is 32.4 Å². The molecule has 0 spiro atoms. The third kappa shape index (κ3) is 2.55. The van der Waals surface area contributed by atoms with Crippen LogP contribution < -0.4 is 10.2 Å². The van der Waals surface area contributed by atoms with Crippen LogP contribution in [0.4, 0.5) is 5.69 Å². The second-order valence-electron chi connectivity index (χ2n) is 4.53. The topological polar surface area (TPSA) is 32.3 Å². The summed E-state index contributed by atoms with van der Waals surface area (Å²) in [6.45, 7) is 3.32. The molecular formula is C15H18N2O. The first-order chi connectivity index (χ1) is 8.74. The monoisotopic (exact) mass is 242 g/mol. The molecule has 1 heterocycles. The number of rotatable bonds is 3. The molecule has 3 nitrogen and oxygen atoms in total. The highest BCUT2D eigenvalue weighted by molar-refractivity contribution is 5.98. The standard InChI is InChI=1S/C15H18N2O/c1-3-4-7-10-17-14-9-6-5-8-13(14)11-16-12(2)15(17)18/h1,5-6,8-9,12,16H,4,7,10-11H2,2H3. The van der Waals surface area contributed by atoms with Gasteiger partial charge in [0.1, 0.15) is 0 Å². The van der Waals surface area contributed by atoms with Crippen molar-refractivity contribution in [3.05, 3.63) is 29.8 Å². The summed E-state index contributed by atoms with van der Waals surface area (Å²) < 4.78 is 0. The molecule has 1 atom stereocenters. The van der Waals surface area contributed by atoms with Gasteiger partial charge in [0.05, 0.1) is 6.04 Å². The molecule has 2 rings (SSSR count). The van der Waals surface area contributed by atoms with Gasteiger partial charge in [-0.2, -0.15) is 0 Å². The van der Waals surface area contributed by atoms with Crippen molar-refractivity contribution in [2.24, 2.45) is 0 Å². The third-order valence-corrected chi connectivity index (χ3v) is 3.22. The summed E-state index contributed by atoms with van der Waals surface area (Å²) in [5, 5.41) is 3.24. The van der Waals surface area contributed by atoms with Crippen LogP contribution in [-0.2, 0) is 11.3 Å². The predicted octanol–water partition coefficient (Wildman–Crippen LogP) is 1.92. The van der Waals surface area contributed by atoms with Crippen molar-refractivity contribution in [1.29, 1.82) is 0 Å². The van der Waals surface area contributed by atoms with Gasteiger partial charge in [0, 0.05) is 25.2 Å². The summed E-state index contributed by atoms with van der Waals surface area (Å²) in [4.78, 5) is 14.2. The van der Waals surface area contributed by atoms with E-state index in [4.69, 9.17) is 6.42 Å². The molecule has 1 aromatic carbocycles. The third-order valence-electron chi connectivity index (χ3n) is 3.22. The molecule has 0 saturated carbocycles. The normalized spacial score (nSPS) is 19.0. The largest absolute Gasteiger partial charge is 0.311 e. The van der Waals surface area contributed by atoms with Gasteiger partial charge in [0.2, 0.25) is 5.91 Å². The van der Waals surface area contributed by atoms with Crippen LogP contribution in [0.1, 0.15) is 25.3 Å². The lowest BCUT2D eigenvalue weighted by atomic mass is 10.1. The smallest absolute Gasteiger partial charge is 0.243 e. The quantitative estimate of drug-likeness (QED) is 0.649. The van der Waals surface area contributed by atoms with E-state index in [0.717, 1.165) is 24.2 Å². The molecule has 1 aliphatic rings.